The van der Waals surface area contributed by atoms with Crippen LogP contribution in [0, 0.1) is 0 Å². The minimum atomic E-state index is -1.09. The van der Waals surface area contributed by atoms with E-state index in [0.29, 0.717) is 10.7 Å². The van der Waals surface area contributed by atoms with E-state index in [9.17, 15) is 9.59 Å². The molecule has 0 saturated heterocycles. The third kappa shape index (κ3) is 3.69. The molecule has 2 rings (SSSR count). The van der Waals surface area contributed by atoms with Gasteiger partial charge in [-0.2, -0.15) is 0 Å². The van der Waals surface area contributed by atoms with Gasteiger partial charge < -0.3 is 10.4 Å². The van der Waals surface area contributed by atoms with Gasteiger partial charge in [-0.3, -0.25) is 5.32 Å². The molecule has 0 aliphatic carbocycles. The molecule has 0 aliphatic rings. The van der Waals surface area contributed by atoms with Crippen molar-refractivity contribution in [2.75, 3.05) is 10.6 Å². The SMILES string of the molecule is O=C(Nc1ccc(Cl)cc1)Nc1cc(C(=O)O)ccn1. The lowest BCUT2D eigenvalue weighted by molar-refractivity contribution is 0.0696. The molecule has 0 saturated carbocycles. The lowest BCUT2D eigenvalue weighted by atomic mass is 10.2. The van der Waals surface area contributed by atoms with Crippen LogP contribution in [0.3, 0.4) is 0 Å². The number of carboxylic acid groups (broad SMARTS) is 1. The summed E-state index contributed by atoms with van der Waals surface area (Å²) in [6.45, 7) is 0. The van der Waals surface area contributed by atoms with E-state index < -0.39 is 12.0 Å². The number of amides is 2. The maximum absolute atomic E-state index is 11.7. The molecule has 0 atom stereocenters. The van der Waals surface area contributed by atoms with Crippen LogP contribution in [0.4, 0.5) is 16.3 Å². The highest BCUT2D eigenvalue weighted by atomic mass is 35.5. The number of carboxylic acids is 1. The molecule has 3 N–H and O–H groups in total. The fourth-order valence-electron chi connectivity index (χ4n) is 1.44. The number of halogens is 1. The molecule has 102 valence electrons. The summed E-state index contributed by atoms with van der Waals surface area (Å²) in [4.78, 5) is 26.4. The summed E-state index contributed by atoms with van der Waals surface area (Å²) in [6.07, 6.45) is 1.31. The van der Waals surface area contributed by atoms with E-state index in [-0.39, 0.29) is 11.4 Å². The monoisotopic (exact) mass is 291 g/mol. The largest absolute Gasteiger partial charge is 0.478 e. The number of aromatic nitrogens is 1. The average Bonchev–Trinajstić information content (AvgIpc) is 2.41. The van der Waals surface area contributed by atoms with Crippen LogP contribution in [0.25, 0.3) is 0 Å². The summed E-state index contributed by atoms with van der Waals surface area (Å²) in [6, 6.07) is 8.64. The summed E-state index contributed by atoms with van der Waals surface area (Å²) >= 11 is 5.73. The molecule has 0 radical (unpaired) electrons. The molecule has 0 aliphatic heterocycles. The number of hydrogen-bond donors (Lipinski definition) is 3. The molecule has 1 heterocycles. The number of urea groups is 1. The Hall–Kier alpha value is -2.60. The fourth-order valence-corrected chi connectivity index (χ4v) is 1.57. The van der Waals surface area contributed by atoms with Crippen LogP contribution >= 0.6 is 11.6 Å². The van der Waals surface area contributed by atoms with E-state index in [1.165, 1.54) is 18.3 Å². The van der Waals surface area contributed by atoms with E-state index in [0.717, 1.165) is 0 Å². The van der Waals surface area contributed by atoms with Gasteiger partial charge in [0.05, 0.1) is 5.56 Å². The number of anilines is 2. The number of rotatable bonds is 3. The molecule has 2 aromatic rings. The third-order valence-electron chi connectivity index (χ3n) is 2.35. The second kappa shape index (κ2) is 6.03. The quantitative estimate of drug-likeness (QED) is 0.810. The molecule has 7 heteroatoms. The number of nitrogens with zero attached hydrogens (tertiary/aromatic N) is 1. The van der Waals surface area contributed by atoms with Crippen LogP contribution in [0.1, 0.15) is 10.4 Å². The number of carbonyl (C=O) groups is 2. The van der Waals surface area contributed by atoms with Crippen LogP contribution in [0.2, 0.25) is 5.02 Å². The molecule has 0 spiro atoms. The van der Waals surface area contributed by atoms with E-state index in [1.807, 2.05) is 0 Å². The van der Waals surface area contributed by atoms with Crippen molar-refractivity contribution < 1.29 is 14.7 Å². The zero-order valence-corrected chi connectivity index (χ0v) is 10.9. The zero-order valence-electron chi connectivity index (χ0n) is 10.1. The van der Waals surface area contributed by atoms with Crippen molar-refractivity contribution >= 4 is 35.1 Å². The molecule has 2 amide bonds. The predicted octanol–water partition coefficient (Wildman–Crippen LogP) is 3.08. The van der Waals surface area contributed by atoms with Crippen molar-refractivity contribution in [3.63, 3.8) is 0 Å². The summed E-state index contributed by atoms with van der Waals surface area (Å²) in [5, 5.41) is 14.4. The normalized spacial score (nSPS) is 9.85. The van der Waals surface area contributed by atoms with Gasteiger partial charge in [0.1, 0.15) is 5.82 Å². The number of nitrogens with one attached hydrogen (secondary N) is 2. The Morgan fingerprint density at radius 2 is 1.80 bits per heavy atom. The topological polar surface area (TPSA) is 91.3 Å². The maximum atomic E-state index is 11.7. The lowest BCUT2D eigenvalue weighted by Crippen LogP contribution is -2.20. The van der Waals surface area contributed by atoms with Crippen molar-refractivity contribution in [1.82, 2.24) is 4.98 Å². The van der Waals surface area contributed by atoms with Gasteiger partial charge in [0, 0.05) is 16.9 Å². The molecule has 1 aromatic heterocycles. The van der Waals surface area contributed by atoms with Crippen LogP contribution < -0.4 is 10.6 Å². The Kier molecular flexibility index (Phi) is 4.17. The minimum Gasteiger partial charge on any atom is -0.478 e. The molecule has 0 unspecified atom stereocenters. The lowest BCUT2D eigenvalue weighted by Gasteiger charge is -2.07. The summed E-state index contributed by atoms with van der Waals surface area (Å²) < 4.78 is 0. The summed E-state index contributed by atoms with van der Waals surface area (Å²) in [7, 11) is 0. The molecule has 1 aromatic carbocycles. The van der Waals surface area contributed by atoms with Gasteiger partial charge in [-0.25, -0.2) is 14.6 Å². The number of hydrogen-bond acceptors (Lipinski definition) is 3. The van der Waals surface area contributed by atoms with E-state index >= 15 is 0 Å². The van der Waals surface area contributed by atoms with Gasteiger partial charge in [-0.15, -0.1) is 0 Å². The van der Waals surface area contributed by atoms with Crippen LogP contribution in [0.5, 0.6) is 0 Å². The Labute approximate surface area is 119 Å². The highest BCUT2D eigenvalue weighted by Crippen LogP contribution is 2.14. The number of carbonyl (C=O) groups excluding carboxylic acids is 1. The van der Waals surface area contributed by atoms with Crippen molar-refractivity contribution in [3.05, 3.63) is 53.2 Å². The molecule has 20 heavy (non-hydrogen) atoms. The van der Waals surface area contributed by atoms with Crippen LogP contribution in [0.15, 0.2) is 42.6 Å². The Morgan fingerprint density at radius 3 is 2.45 bits per heavy atom. The zero-order chi connectivity index (χ0) is 14.5. The molecular formula is C13H10ClN3O3. The fraction of sp³-hybridized carbons (Fsp3) is 0. The van der Waals surface area contributed by atoms with Crippen molar-refractivity contribution in [2.24, 2.45) is 0 Å². The van der Waals surface area contributed by atoms with Gasteiger partial charge in [-0.05, 0) is 36.4 Å². The summed E-state index contributed by atoms with van der Waals surface area (Å²) in [5.41, 5.74) is 0.600. The first-order chi connectivity index (χ1) is 9.54. The van der Waals surface area contributed by atoms with Crippen molar-refractivity contribution in [3.8, 4) is 0 Å². The highest BCUT2D eigenvalue weighted by Gasteiger charge is 2.07. The van der Waals surface area contributed by atoms with E-state index in [4.69, 9.17) is 16.7 Å². The Bertz CT molecular complexity index is 644. The van der Waals surface area contributed by atoms with Crippen molar-refractivity contribution in [2.45, 2.75) is 0 Å². The summed E-state index contributed by atoms with van der Waals surface area (Å²) in [5.74, 6) is -0.940. The standard InChI is InChI=1S/C13H10ClN3O3/c14-9-1-3-10(4-2-9)16-13(20)17-11-7-8(12(18)19)5-6-15-11/h1-7H,(H,18,19)(H2,15,16,17,20). The molecule has 0 bridgehead atoms. The third-order valence-corrected chi connectivity index (χ3v) is 2.60. The number of benzene rings is 1. The first-order valence-corrected chi connectivity index (χ1v) is 5.95. The van der Waals surface area contributed by atoms with Gasteiger partial charge in [0.15, 0.2) is 0 Å². The van der Waals surface area contributed by atoms with Gasteiger partial charge >= 0.3 is 12.0 Å². The van der Waals surface area contributed by atoms with Crippen LogP contribution in [-0.2, 0) is 0 Å². The minimum absolute atomic E-state index is 0.0433. The smallest absolute Gasteiger partial charge is 0.335 e. The molecule has 6 nitrogen and oxygen atoms in total. The van der Waals surface area contributed by atoms with Gasteiger partial charge in [-0.1, -0.05) is 11.6 Å². The number of pyridine rings is 1. The molecular weight excluding hydrogens is 282 g/mol. The number of aromatic carboxylic acids is 1. The van der Waals surface area contributed by atoms with Crippen LogP contribution in [-0.4, -0.2) is 22.1 Å². The second-order valence-electron chi connectivity index (χ2n) is 3.82. The second-order valence-corrected chi connectivity index (χ2v) is 4.26. The maximum Gasteiger partial charge on any atom is 0.335 e. The van der Waals surface area contributed by atoms with Crippen molar-refractivity contribution in [1.29, 1.82) is 0 Å². The molecule has 0 fully saturated rings. The predicted molar refractivity (Wildman–Crippen MR) is 75.3 cm³/mol. The van der Waals surface area contributed by atoms with Gasteiger partial charge in [0.2, 0.25) is 0 Å². The van der Waals surface area contributed by atoms with Gasteiger partial charge in [0.25, 0.3) is 0 Å². The van der Waals surface area contributed by atoms with E-state index in [2.05, 4.69) is 15.6 Å². The Balaban J connectivity index is 2.02. The first-order valence-electron chi connectivity index (χ1n) is 5.57. The Morgan fingerprint density at radius 1 is 1.10 bits per heavy atom. The first kappa shape index (κ1) is 13.8. The average molecular weight is 292 g/mol. The highest BCUT2D eigenvalue weighted by molar-refractivity contribution is 6.30. The van der Waals surface area contributed by atoms with E-state index in [1.54, 1.807) is 24.3 Å².